The molecule has 0 radical (unpaired) electrons. The summed E-state index contributed by atoms with van der Waals surface area (Å²) >= 11 is 6.11. The number of anilines is 1. The van der Waals surface area contributed by atoms with Crippen LogP contribution < -0.4 is 19.7 Å². The van der Waals surface area contributed by atoms with E-state index in [0.717, 1.165) is 6.07 Å². The number of fused-ring (bicyclic) bond motifs is 1. The Bertz CT molecular complexity index is 1280. The van der Waals surface area contributed by atoms with Gasteiger partial charge in [0.05, 0.1) is 26.5 Å². The van der Waals surface area contributed by atoms with Gasteiger partial charge in [-0.05, 0) is 60.2 Å². The fraction of sp³-hybridized carbons (Fsp3) is 0.231. The molecule has 10 heteroatoms. The molecule has 3 aromatic rings. The topological polar surface area (TPSA) is 67.9 Å². The van der Waals surface area contributed by atoms with Crippen LogP contribution in [-0.2, 0) is 12.1 Å². The Hall–Kier alpha value is -3.72. The van der Waals surface area contributed by atoms with E-state index in [9.17, 15) is 22.8 Å². The average Bonchev–Trinajstić information content (AvgIpc) is 2.86. The van der Waals surface area contributed by atoms with Gasteiger partial charge in [-0.2, -0.15) is 13.2 Å². The van der Waals surface area contributed by atoms with Crippen molar-refractivity contribution < 1.29 is 32.2 Å². The van der Waals surface area contributed by atoms with Crippen molar-refractivity contribution in [3.63, 3.8) is 0 Å². The van der Waals surface area contributed by atoms with Crippen LogP contribution in [0.3, 0.4) is 0 Å². The number of nitrogens with zero attached hydrogens (tertiary/aromatic N) is 1. The lowest BCUT2D eigenvalue weighted by molar-refractivity contribution is -0.196. The van der Waals surface area contributed by atoms with E-state index in [1.54, 1.807) is 24.3 Å². The summed E-state index contributed by atoms with van der Waals surface area (Å²) in [6.45, 7) is -0.00910. The molecule has 6 nitrogen and oxygen atoms in total. The second kappa shape index (κ2) is 9.73. The third-order valence-corrected chi connectivity index (χ3v) is 6.33. The van der Waals surface area contributed by atoms with Crippen molar-refractivity contribution in [1.82, 2.24) is 5.32 Å². The summed E-state index contributed by atoms with van der Waals surface area (Å²) in [5, 5.41) is 2.14. The van der Waals surface area contributed by atoms with Gasteiger partial charge in [0.2, 0.25) is 0 Å². The lowest BCUT2D eigenvalue weighted by Crippen LogP contribution is -2.63. The highest BCUT2D eigenvalue weighted by Crippen LogP contribution is 2.49. The number of amides is 2. The van der Waals surface area contributed by atoms with Gasteiger partial charge in [0, 0.05) is 22.6 Å². The molecule has 1 N–H and O–H groups in total. The summed E-state index contributed by atoms with van der Waals surface area (Å²) in [7, 11) is 2.95. The molecule has 4 rings (SSSR count). The molecule has 36 heavy (non-hydrogen) atoms. The SMILES string of the molecule is COc1ccc(CN2C(=O)NC(CC(=O)c3ccc(OC)cc3)(C(F)(F)F)c3cc(Cl)ccc32)cc1. The van der Waals surface area contributed by atoms with Crippen molar-refractivity contribution in [2.75, 3.05) is 19.1 Å². The zero-order valence-corrected chi connectivity index (χ0v) is 20.1. The highest BCUT2D eigenvalue weighted by molar-refractivity contribution is 6.30. The maximum Gasteiger partial charge on any atom is 0.416 e. The molecule has 2 amide bonds. The smallest absolute Gasteiger partial charge is 0.416 e. The van der Waals surface area contributed by atoms with Crippen LogP contribution in [0.15, 0.2) is 66.7 Å². The number of carbonyl (C=O) groups excluding carboxylic acids is 2. The Balaban J connectivity index is 1.77. The second-order valence-corrected chi connectivity index (χ2v) is 8.69. The van der Waals surface area contributed by atoms with Crippen LogP contribution >= 0.6 is 11.6 Å². The van der Waals surface area contributed by atoms with Gasteiger partial charge in [0.25, 0.3) is 0 Å². The van der Waals surface area contributed by atoms with E-state index in [2.05, 4.69) is 5.32 Å². The van der Waals surface area contributed by atoms with Crippen LogP contribution in [0.25, 0.3) is 0 Å². The predicted molar refractivity (Wildman–Crippen MR) is 129 cm³/mol. The Morgan fingerprint density at radius 1 is 0.972 bits per heavy atom. The summed E-state index contributed by atoms with van der Waals surface area (Å²) in [4.78, 5) is 27.4. The highest BCUT2D eigenvalue weighted by atomic mass is 35.5. The number of methoxy groups -OCH3 is 2. The molecule has 3 aromatic carbocycles. The zero-order valence-electron chi connectivity index (χ0n) is 19.4. The minimum atomic E-state index is -5.00. The molecule has 1 heterocycles. The predicted octanol–water partition coefficient (Wildman–Crippen LogP) is 6.12. The number of benzene rings is 3. The van der Waals surface area contributed by atoms with Gasteiger partial charge in [-0.1, -0.05) is 23.7 Å². The van der Waals surface area contributed by atoms with Crippen LogP contribution in [0.5, 0.6) is 11.5 Å². The third-order valence-electron chi connectivity index (χ3n) is 6.10. The van der Waals surface area contributed by atoms with Crippen LogP contribution in [0, 0.1) is 0 Å². The number of hydrogen-bond acceptors (Lipinski definition) is 4. The number of carbonyl (C=O) groups is 2. The van der Waals surface area contributed by atoms with Crippen molar-refractivity contribution in [3.05, 3.63) is 88.4 Å². The number of rotatable bonds is 7. The van der Waals surface area contributed by atoms with Crippen LogP contribution in [0.4, 0.5) is 23.7 Å². The molecule has 1 atom stereocenters. The summed E-state index contributed by atoms with van der Waals surface area (Å²) in [5.41, 5.74) is -2.55. The summed E-state index contributed by atoms with van der Waals surface area (Å²) in [5.74, 6) is 0.251. The molecule has 0 bridgehead atoms. The molecule has 0 fully saturated rings. The van der Waals surface area contributed by atoms with Gasteiger partial charge in [-0.25, -0.2) is 4.79 Å². The maximum absolute atomic E-state index is 14.7. The first kappa shape index (κ1) is 25.4. The molecular weight excluding hydrogens is 497 g/mol. The van der Waals surface area contributed by atoms with Crippen molar-refractivity contribution >= 4 is 29.1 Å². The molecular formula is C26H22ClF3N2O4. The monoisotopic (exact) mass is 518 g/mol. The average molecular weight is 519 g/mol. The minimum Gasteiger partial charge on any atom is -0.497 e. The van der Waals surface area contributed by atoms with E-state index in [4.69, 9.17) is 21.1 Å². The first-order valence-electron chi connectivity index (χ1n) is 10.8. The zero-order chi connectivity index (χ0) is 26.1. The van der Waals surface area contributed by atoms with Crippen molar-refractivity contribution in [2.24, 2.45) is 0 Å². The first-order valence-corrected chi connectivity index (χ1v) is 11.2. The van der Waals surface area contributed by atoms with Gasteiger partial charge in [0.1, 0.15) is 11.5 Å². The quantitative estimate of drug-likeness (QED) is 0.383. The van der Waals surface area contributed by atoms with Gasteiger partial charge in [-0.3, -0.25) is 9.69 Å². The van der Waals surface area contributed by atoms with Crippen LogP contribution in [0.1, 0.15) is 27.9 Å². The number of ketones is 1. The molecule has 1 aliphatic rings. The largest absolute Gasteiger partial charge is 0.497 e. The molecule has 0 aromatic heterocycles. The van der Waals surface area contributed by atoms with Gasteiger partial charge >= 0.3 is 12.2 Å². The fourth-order valence-corrected chi connectivity index (χ4v) is 4.34. The van der Waals surface area contributed by atoms with E-state index in [-0.39, 0.29) is 28.4 Å². The first-order chi connectivity index (χ1) is 17.1. The number of urea groups is 1. The lowest BCUT2D eigenvalue weighted by Gasteiger charge is -2.44. The number of nitrogens with one attached hydrogen (secondary N) is 1. The van der Waals surface area contributed by atoms with Crippen molar-refractivity contribution in [2.45, 2.75) is 24.7 Å². The molecule has 188 valence electrons. The lowest BCUT2D eigenvalue weighted by atomic mass is 9.80. The van der Waals surface area contributed by atoms with Crippen molar-refractivity contribution in [3.8, 4) is 11.5 Å². The third kappa shape index (κ3) is 4.70. The molecule has 1 unspecified atom stereocenters. The number of ether oxygens (including phenoxy) is 2. The van der Waals surface area contributed by atoms with E-state index in [1.807, 2.05) is 0 Å². The Morgan fingerprint density at radius 3 is 2.11 bits per heavy atom. The number of Topliss-reactive ketones (excluding diaryl/α,β-unsaturated/α-hetero) is 1. The van der Waals surface area contributed by atoms with Crippen molar-refractivity contribution in [1.29, 1.82) is 0 Å². The Morgan fingerprint density at radius 2 is 1.56 bits per heavy atom. The standard InChI is InChI=1S/C26H22ClF3N2O4/c1-35-19-8-3-16(4-9-19)15-32-22-12-7-18(27)13-21(22)25(26(28,29)30,31-24(32)34)14-23(33)17-5-10-20(36-2)11-6-17/h3-13H,14-15H2,1-2H3,(H,31,34). The molecule has 0 spiro atoms. The summed E-state index contributed by atoms with van der Waals surface area (Å²) in [6, 6.07) is 15.4. The fourth-order valence-electron chi connectivity index (χ4n) is 4.17. The maximum atomic E-state index is 14.7. The van der Waals surface area contributed by atoms with Gasteiger partial charge in [0.15, 0.2) is 11.3 Å². The van der Waals surface area contributed by atoms with E-state index in [1.165, 1.54) is 55.5 Å². The molecule has 0 saturated heterocycles. The normalized spacial score (nSPS) is 17.3. The molecule has 0 saturated carbocycles. The van der Waals surface area contributed by atoms with Crippen LogP contribution in [-0.4, -0.2) is 32.2 Å². The molecule has 1 aliphatic heterocycles. The number of alkyl halides is 3. The van der Waals surface area contributed by atoms with E-state index in [0.29, 0.717) is 17.1 Å². The highest BCUT2D eigenvalue weighted by Gasteiger charge is 2.61. The minimum absolute atomic E-state index is 0.00910. The van der Waals surface area contributed by atoms with E-state index >= 15 is 0 Å². The van der Waals surface area contributed by atoms with Crippen LogP contribution in [0.2, 0.25) is 5.02 Å². The van der Waals surface area contributed by atoms with Gasteiger partial charge in [-0.15, -0.1) is 0 Å². The Kier molecular flexibility index (Phi) is 6.86. The second-order valence-electron chi connectivity index (χ2n) is 8.26. The van der Waals surface area contributed by atoms with Gasteiger partial charge < -0.3 is 14.8 Å². The summed E-state index contributed by atoms with van der Waals surface area (Å²) < 4.78 is 54.4. The Labute approximate surface area is 210 Å². The number of hydrogen-bond donors (Lipinski definition) is 1. The number of halogens is 4. The molecule has 0 aliphatic carbocycles. The summed E-state index contributed by atoms with van der Waals surface area (Å²) in [6.07, 6.45) is -6.05. The van der Waals surface area contributed by atoms with E-state index < -0.39 is 30.0 Å².